The molecular weight excluding hydrogens is 688 g/mol. The number of nitrogens with zero attached hydrogens (tertiary/aromatic N) is 6. The minimum absolute atomic E-state index is 0.0761. The number of fused-ring (bicyclic) bond motifs is 3. The van der Waals surface area contributed by atoms with E-state index in [1.54, 1.807) is 12.1 Å². The monoisotopic (exact) mass is 734 g/mol. The molecule has 10 nitrogen and oxygen atoms in total. The van der Waals surface area contributed by atoms with Crippen molar-refractivity contribution in [3.05, 3.63) is 66.1 Å². The number of carbonyl (C=O) groups is 1. The Hall–Kier alpha value is -4.87. The average molecular weight is 735 g/mol. The topological polar surface area (TPSA) is 119 Å². The molecule has 7 rings (SSSR count). The van der Waals surface area contributed by atoms with Gasteiger partial charge in [0.05, 0.1) is 18.6 Å². The Bertz CT molecular complexity index is 1920. The molecule has 3 fully saturated rings. The summed E-state index contributed by atoms with van der Waals surface area (Å²) in [6.07, 6.45) is 11.6. The summed E-state index contributed by atoms with van der Waals surface area (Å²) >= 11 is 0. The van der Waals surface area contributed by atoms with Crippen molar-refractivity contribution in [2.75, 3.05) is 58.2 Å². The first-order chi connectivity index (χ1) is 25.7. The summed E-state index contributed by atoms with van der Waals surface area (Å²) < 4.78 is 62.3. The van der Waals surface area contributed by atoms with Gasteiger partial charge in [-0.05, 0) is 69.6 Å². The van der Waals surface area contributed by atoms with Crippen LogP contribution in [0.4, 0.5) is 23.4 Å². The first kappa shape index (κ1) is 39.3. The molecule has 14 heteroatoms. The molecule has 0 aliphatic carbocycles. The lowest BCUT2D eigenvalue weighted by Gasteiger charge is -2.13. The third-order valence-corrected chi connectivity index (χ3v) is 9.41. The molecule has 3 aliphatic heterocycles. The third-order valence-electron chi connectivity index (χ3n) is 9.41. The smallest absolute Gasteiger partial charge is 0.318 e. The number of nitrogens with one attached hydrogen (secondary N) is 2. The maximum absolute atomic E-state index is 15.8. The van der Waals surface area contributed by atoms with Crippen molar-refractivity contribution in [2.45, 2.75) is 64.1 Å². The zero-order valence-electron chi connectivity index (χ0n) is 30.2. The quantitative estimate of drug-likeness (QED) is 0.101. The van der Waals surface area contributed by atoms with E-state index in [2.05, 4.69) is 35.4 Å². The zero-order chi connectivity index (χ0) is 37.7. The SMILES string of the molecule is CCCC#N.COc1nc(NCCNC(=O)/C=C/CN2CCCC2)c2cnc(-c3cccc4ccc(F)c(F)c34)c(F)c2n1.F[C@@H]1CC2CCCN2C1. The standard InChI is InChI=1S/C28H27F3N6O2.C7H12FN.C4H7N/c1-39-28-35-26-19(27(36-28)33-12-11-32-21(38)8-5-15-37-13-2-3-14-37)16-34-25(24(26)31)18-7-4-6-17-9-10-20(29)23(30)22(17)18;8-6-4-7-2-1-3-9(7)5-6;1-2-3-4-5/h4-10,16H,2-3,11-15H2,1H3,(H,32,38)(H,33,35,36);6-7H,1-5H2;2-3H2,1H3/b8-5+;;/t;6-,7?;/m.1./s1. The molecular formula is C39H46F4N8O2. The van der Waals surface area contributed by atoms with Crippen LogP contribution in [0.1, 0.15) is 51.9 Å². The molecule has 2 aromatic heterocycles. The largest absolute Gasteiger partial charge is 0.467 e. The molecule has 4 aromatic rings. The number of alkyl halides is 1. The predicted octanol–water partition coefficient (Wildman–Crippen LogP) is 6.95. The van der Waals surface area contributed by atoms with E-state index in [0.29, 0.717) is 24.4 Å². The van der Waals surface area contributed by atoms with Gasteiger partial charge in [-0.2, -0.15) is 15.2 Å². The van der Waals surface area contributed by atoms with Crippen molar-refractivity contribution < 1.29 is 27.1 Å². The van der Waals surface area contributed by atoms with Gasteiger partial charge in [-0.1, -0.05) is 37.3 Å². The molecule has 0 saturated carbocycles. The Morgan fingerprint density at radius 2 is 1.89 bits per heavy atom. The van der Waals surface area contributed by atoms with Gasteiger partial charge < -0.3 is 15.4 Å². The number of nitriles is 1. The Balaban J connectivity index is 0.000000321. The normalized spacial score (nSPS) is 18.3. The van der Waals surface area contributed by atoms with E-state index in [9.17, 15) is 18.0 Å². The van der Waals surface area contributed by atoms with Crippen molar-refractivity contribution in [2.24, 2.45) is 0 Å². The van der Waals surface area contributed by atoms with Crippen LogP contribution < -0.4 is 15.4 Å². The fourth-order valence-electron chi connectivity index (χ4n) is 6.80. The number of unbranched alkanes of at least 4 members (excludes halogenated alkanes) is 1. The van der Waals surface area contributed by atoms with Gasteiger partial charge in [-0.15, -0.1) is 0 Å². The molecule has 0 radical (unpaired) electrons. The van der Waals surface area contributed by atoms with Crippen LogP contribution in [0.2, 0.25) is 0 Å². The van der Waals surface area contributed by atoms with Crippen LogP contribution in [0.3, 0.4) is 0 Å². The number of hydrogen-bond acceptors (Lipinski definition) is 9. The summed E-state index contributed by atoms with van der Waals surface area (Å²) in [6, 6.07) is 9.68. The van der Waals surface area contributed by atoms with E-state index in [1.165, 1.54) is 57.2 Å². The van der Waals surface area contributed by atoms with Crippen LogP contribution in [0.15, 0.2) is 48.7 Å². The second-order valence-corrected chi connectivity index (χ2v) is 13.2. The van der Waals surface area contributed by atoms with Crippen LogP contribution in [-0.4, -0.2) is 95.8 Å². The van der Waals surface area contributed by atoms with Gasteiger partial charge in [0.25, 0.3) is 0 Å². The number of rotatable bonds is 10. The van der Waals surface area contributed by atoms with Crippen LogP contribution in [0, 0.1) is 28.8 Å². The highest BCUT2D eigenvalue weighted by molar-refractivity contribution is 5.99. The van der Waals surface area contributed by atoms with Gasteiger partial charge in [0.2, 0.25) is 5.91 Å². The summed E-state index contributed by atoms with van der Waals surface area (Å²) in [5.74, 6) is -2.91. The molecule has 5 heterocycles. The van der Waals surface area contributed by atoms with Crippen LogP contribution in [0.25, 0.3) is 32.9 Å². The number of ether oxygens (including phenoxy) is 1. The van der Waals surface area contributed by atoms with Crippen molar-refractivity contribution >= 4 is 33.4 Å². The van der Waals surface area contributed by atoms with E-state index < -0.39 is 23.6 Å². The Kier molecular flexibility index (Phi) is 14.3. The maximum atomic E-state index is 15.8. The minimum Gasteiger partial charge on any atom is -0.467 e. The van der Waals surface area contributed by atoms with E-state index >= 15 is 4.39 Å². The molecule has 2 atom stereocenters. The lowest BCUT2D eigenvalue weighted by atomic mass is 10.00. The molecule has 3 aliphatic rings. The van der Waals surface area contributed by atoms with Gasteiger partial charge in [-0.3, -0.25) is 19.6 Å². The number of benzene rings is 2. The number of pyridine rings is 1. The van der Waals surface area contributed by atoms with Gasteiger partial charge in [0.15, 0.2) is 17.5 Å². The first-order valence-corrected chi connectivity index (χ1v) is 18.2. The lowest BCUT2D eigenvalue weighted by molar-refractivity contribution is -0.116. The fourth-order valence-corrected chi connectivity index (χ4v) is 6.80. The maximum Gasteiger partial charge on any atom is 0.318 e. The Morgan fingerprint density at radius 1 is 1.08 bits per heavy atom. The lowest BCUT2D eigenvalue weighted by Crippen LogP contribution is -2.28. The predicted molar refractivity (Wildman–Crippen MR) is 198 cm³/mol. The third kappa shape index (κ3) is 10.2. The highest BCUT2D eigenvalue weighted by Crippen LogP contribution is 2.35. The number of carbonyl (C=O) groups excluding carboxylic acids is 1. The minimum atomic E-state index is -1.08. The number of methoxy groups -OCH3 is 1. The van der Waals surface area contributed by atoms with E-state index in [-0.39, 0.29) is 58.4 Å². The number of aromatic nitrogens is 3. The summed E-state index contributed by atoms with van der Waals surface area (Å²) in [7, 11) is 1.35. The van der Waals surface area contributed by atoms with Gasteiger partial charge in [0, 0.05) is 61.9 Å². The number of hydrogen-bond donors (Lipinski definition) is 2. The van der Waals surface area contributed by atoms with Crippen molar-refractivity contribution in [1.29, 1.82) is 5.26 Å². The summed E-state index contributed by atoms with van der Waals surface area (Å²) in [5, 5.41) is 14.3. The Morgan fingerprint density at radius 3 is 2.60 bits per heavy atom. The molecule has 2 N–H and O–H groups in total. The molecule has 53 heavy (non-hydrogen) atoms. The first-order valence-electron chi connectivity index (χ1n) is 18.2. The summed E-state index contributed by atoms with van der Waals surface area (Å²) in [5.41, 5.74) is -0.189. The van der Waals surface area contributed by atoms with Crippen LogP contribution in [-0.2, 0) is 4.79 Å². The van der Waals surface area contributed by atoms with Crippen molar-refractivity contribution in [3.8, 4) is 23.3 Å². The second-order valence-electron chi connectivity index (χ2n) is 13.2. The molecule has 3 saturated heterocycles. The van der Waals surface area contributed by atoms with Crippen molar-refractivity contribution in [1.82, 2.24) is 30.1 Å². The molecule has 0 spiro atoms. The molecule has 0 bridgehead atoms. The van der Waals surface area contributed by atoms with Gasteiger partial charge in [-0.25, -0.2) is 17.6 Å². The average Bonchev–Trinajstić information content (AvgIpc) is 3.92. The zero-order valence-corrected chi connectivity index (χ0v) is 30.2. The number of halogens is 4. The number of likely N-dealkylation sites (tertiary alicyclic amines) is 1. The number of anilines is 1. The number of amides is 1. The van der Waals surface area contributed by atoms with E-state index in [0.717, 1.165) is 45.1 Å². The van der Waals surface area contributed by atoms with Gasteiger partial charge >= 0.3 is 6.01 Å². The molecule has 2 aromatic carbocycles. The van der Waals surface area contributed by atoms with Crippen LogP contribution in [0.5, 0.6) is 6.01 Å². The molecule has 1 unspecified atom stereocenters. The Labute approximate surface area is 307 Å². The van der Waals surface area contributed by atoms with E-state index in [4.69, 9.17) is 10.00 Å². The molecule has 1 amide bonds. The highest BCUT2D eigenvalue weighted by atomic mass is 19.2. The molecule has 282 valence electrons. The van der Waals surface area contributed by atoms with Crippen LogP contribution >= 0.6 is 0 Å². The van der Waals surface area contributed by atoms with Crippen molar-refractivity contribution in [3.63, 3.8) is 0 Å². The summed E-state index contributed by atoms with van der Waals surface area (Å²) in [6.45, 7) is 7.28. The fraction of sp³-hybridized carbons (Fsp3) is 0.462. The highest BCUT2D eigenvalue weighted by Gasteiger charge is 2.34. The van der Waals surface area contributed by atoms with E-state index in [1.807, 2.05) is 19.1 Å². The second kappa shape index (κ2) is 19.3. The van der Waals surface area contributed by atoms with Gasteiger partial charge in [0.1, 0.15) is 23.2 Å². The summed E-state index contributed by atoms with van der Waals surface area (Å²) in [4.78, 5) is 29.3.